The molecule has 2 aromatic heterocycles. The number of hydrogen-bond donors (Lipinski definition) is 2. The molecular weight excluding hydrogens is 439 g/mol. The third-order valence-electron chi connectivity index (χ3n) is 3.89. The van der Waals surface area contributed by atoms with Crippen molar-refractivity contribution in [3.63, 3.8) is 0 Å². The van der Waals surface area contributed by atoms with Crippen LogP contribution in [0.5, 0.6) is 5.88 Å². The van der Waals surface area contributed by atoms with Crippen molar-refractivity contribution in [3.05, 3.63) is 40.3 Å². The highest BCUT2D eigenvalue weighted by molar-refractivity contribution is 6.31. The summed E-state index contributed by atoms with van der Waals surface area (Å²) in [5, 5.41) is 5.10. The van der Waals surface area contributed by atoms with Crippen LogP contribution in [0.2, 0.25) is 5.02 Å². The van der Waals surface area contributed by atoms with Gasteiger partial charge in [0.15, 0.2) is 6.61 Å². The largest absolute Gasteiger partial charge is 0.467 e. The van der Waals surface area contributed by atoms with Crippen LogP contribution < -0.4 is 15.4 Å². The fraction of sp³-hybridized carbons (Fsp3) is 0.421. The molecule has 0 fully saturated rings. The lowest BCUT2D eigenvalue weighted by Gasteiger charge is -2.16. The van der Waals surface area contributed by atoms with Crippen molar-refractivity contribution in [2.45, 2.75) is 39.9 Å². The van der Waals surface area contributed by atoms with E-state index in [1.807, 2.05) is 0 Å². The summed E-state index contributed by atoms with van der Waals surface area (Å²) in [5.74, 6) is -1.49. The van der Waals surface area contributed by atoms with Crippen LogP contribution in [0, 0.1) is 12.8 Å². The second-order valence-electron chi connectivity index (χ2n) is 7.02. The molecule has 1 atom stereocenters. The zero-order valence-corrected chi connectivity index (χ0v) is 17.9. The van der Waals surface area contributed by atoms with E-state index >= 15 is 0 Å². The van der Waals surface area contributed by atoms with Gasteiger partial charge < -0.3 is 10.1 Å². The predicted octanol–water partition coefficient (Wildman–Crippen LogP) is 3.86. The van der Waals surface area contributed by atoms with Gasteiger partial charge in [-0.3, -0.25) is 14.9 Å². The third kappa shape index (κ3) is 7.35. The number of aryl methyl sites for hydroxylation is 1. The monoisotopic (exact) mass is 459 g/mol. The van der Waals surface area contributed by atoms with Gasteiger partial charge in [0, 0.05) is 17.8 Å². The van der Waals surface area contributed by atoms with Crippen molar-refractivity contribution in [2.24, 2.45) is 5.92 Å². The molecule has 2 amide bonds. The van der Waals surface area contributed by atoms with Gasteiger partial charge in [0.05, 0.1) is 6.04 Å². The molecule has 0 bridgehead atoms. The minimum Gasteiger partial charge on any atom is -0.467 e. The summed E-state index contributed by atoms with van der Waals surface area (Å²) in [4.78, 5) is 36.4. The number of hydrogen-bond acceptors (Lipinski definition) is 6. The van der Waals surface area contributed by atoms with Crippen LogP contribution in [0.4, 0.5) is 19.1 Å². The number of pyridine rings is 1. The molecule has 2 N–H and O–H groups in total. The Balaban J connectivity index is 2.11. The molecule has 0 saturated heterocycles. The van der Waals surface area contributed by atoms with E-state index in [2.05, 4.69) is 30.3 Å². The topological polar surface area (TPSA) is 106 Å². The molecule has 2 rings (SSSR count). The van der Waals surface area contributed by atoms with Crippen molar-refractivity contribution in [1.29, 1.82) is 0 Å². The van der Waals surface area contributed by atoms with Crippen LogP contribution in [-0.2, 0) is 4.79 Å². The summed E-state index contributed by atoms with van der Waals surface area (Å²) in [6.07, 6.45) is -3.27. The first-order chi connectivity index (χ1) is 14.4. The van der Waals surface area contributed by atoms with Crippen LogP contribution in [0.15, 0.2) is 18.3 Å². The number of anilines is 1. The predicted molar refractivity (Wildman–Crippen MR) is 107 cm³/mol. The maximum absolute atomic E-state index is 12.6. The molecule has 0 aliphatic rings. The standard InChI is InChI=1S/C19H21ClF3N5O3/c1-9(2)15(29)28-18-25-10(3)5-14(27-18)16(30)26-11(4)12-6-13(20)17(24-7-12)31-8-19(21,22)23/h5-7,9,11H,8H2,1-4H3,(H,26,30)(H,25,27,28,29). The van der Waals surface area contributed by atoms with E-state index in [-0.39, 0.29) is 34.4 Å². The van der Waals surface area contributed by atoms with Gasteiger partial charge in [0.1, 0.15) is 10.7 Å². The normalized spacial score (nSPS) is 12.4. The van der Waals surface area contributed by atoms with E-state index in [4.69, 9.17) is 11.6 Å². The lowest BCUT2D eigenvalue weighted by atomic mass is 10.1. The van der Waals surface area contributed by atoms with E-state index in [1.165, 1.54) is 18.3 Å². The van der Waals surface area contributed by atoms with Crippen LogP contribution in [0.3, 0.4) is 0 Å². The molecule has 12 heteroatoms. The number of nitrogens with zero attached hydrogens (tertiary/aromatic N) is 3. The number of aromatic nitrogens is 3. The Morgan fingerprint density at radius 2 is 1.87 bits per heavy atom. The minimum atomic E-state index is -4.52. The lowest BCUT2D eigenvalue weighted by Crippen LogP contribution is -2.28. The van der Waals surface area contributed by atoms with Crippen molar-refractivity contribution in [2.75, 3.05) is 11.9 Å². The summed E-state index contributed by atoms with van der Waals surface area (Å²) < 4.78 is 41.4. The van der Waals surface area contributed by atoms with Crippen LogP contribution in [0.1, 0.15) is 48.6 Å². The van der Waals surface area contributed by atoms with Gasteiger partial charge in [-0.2, -0.15) is 13.2 Å². The van der Waals surface area contributed by atoms with Crippen LogP contribution >= 0.6 is 11.6 Å². The molecule has 168 valence electrons. The average Bonchev–Trinajstić information content (AvgIpc) is 2.65. The summed E-state index contributed by atoms with van der Waals surface area (Å²) in [6.45, 7) is 5.18. The first-order valence-corrected chi connectivity index (χ1v) is 9.56. The smallest absolute Gasteiger partial charge is 0.422 e. The average molecular weight is 460 g/mol. The molecule has 0 spiro atoms. The number of amides is 2. The maximum Gasteiger partial charge on any atom is 0.422 e. The van der Waals surface area contributed by atoms with Crippen molar-refractivity contribution >= 4 is 29.4 Å². The number of ether oxygens (including phenoxy) is 1. The zero-order valence-electron chi connectivity index (χ0n) is 17.2. The Morgan fingerprint density at radius 3 is 2.45 bits per heavy atom. The van der Waals surface area contributed by atoms with Gasteiger partial charge in [-0.15, -0.1) is 0 Å². The second kappa shape index (κ2) is 9.90. The molecule has 31 heavy (non-hydrogen) atoms. The highest BCUT2D eigenvalue weighted by atomic mass is 35.5. The van der Waals surface area contributed by atoms with E-state index in [9.17, 15) is 22.8 Å². The SMILES string of the molecule is Cc1cc(C(=O)NC(C)c2cnc(OCC(F)(F)F)c(Cl)c2)nc(NC(=O)C(C)C)n1. The maximum atomic E-state index is 12.6. The van der Waals surface area contributed by atoms with E-state index in [0.717, 1.165) is 0 Å². The highest BCUT2D eigenvalue weighted by Crippen LogP contribution is 2.27. The van der Waals surface area contributed by atoms with Gasteiger partial charge in [0.2, 0.25) is 17.7 Å². The fourth-order valence-corrected chi connectivity index (χ4v) is 2.51. The molecule has 2 heterocycles. The molecule has 0 radical (unpaired) electrons. The van der Waals surface area contributed by atoms with Crippen molar-refractivity contribution < 1.29 is 27.5 Å². The number of halogens is 4. The Bertz CT molecular complexity index is 969. The van der Waals surface area contributed by atoms with E-state index in [1.54, 1.807) is 27.7 Å². The Kier molecular flexibility index (Phi) is 7.77. The van der Waals surface area contributed by atoms with Gasteiger partial charge in [0.25, 0.3) is 5.91 Å². The summed E-state index contributed by atoms with van der Waals surface area (Å²) in [6, 6.07) is 2.20. The quantitative estimate of drug-likeness (QED) is 0.651. The molecule has 0 aromatic carbocycles. The molecule has 0 aliphatic carbocycles. The first-order valence-electron chi connectivity index (χ1n) is 9.18. The number of carbonyl (C=O) groups is 2. The summed E-state index contributed by atoms with van der Waals surface area (Å²) in [5.41, 5.74) is 0.946. The summed E-state index contributed by atoms with van der Waals surface area (Å²) in [7, 11) is 0. The number of carbonyl (C=O) groups excluding carboxylic acids is 2. The van der Waals surface area contributed by atoms with Gasteiger partial charge in [-0.1, -0.05) is 25.4 Å². The van der Waals surface area contributed by atoms with Crippen LogP contribution in [0.25, 0.3) is 0 Å². The Morgan fingerprint density at radius 1 is 1.19 bits per heavy atom. The molecule has 0 saturated carbocycles. The van der Waals surface area contributed by atoms with Gasteiger partial charge in [-0.25, -0.2) is 15.0 Å². The van der Waals surface area contributed by atoms with Crippen molar-refractivity contribution in [3.8, 4) is 5.88 Å². The summed E-state index contributed by atoms with van der Waals surface area (Å²) >= 11 is 5.94. The molecule has 8 nitrogen and oxygen atoms in total. The van der Waals surface area contributed by atoms with E-state index < -0.39 is 24.7 Å². The lowest BCUT2D eigenvalue weighted by molar-refractivity contribution is -0.154. The molecular formula is C19H21ClF3N5O3. The zero-order chi connectivity index (χ0) is 23.3. The molecule has 0 aliphatic heterocycles. The van der Waals surface area contributed by atoms with Gasteiger partial charge >= 0.3 is 6.18 Å². The van der Waals surface area contributed by atoms with Crippen LogP contribution in [-0.4, -0.2) is 39.5 Å². The molecule has 1 unspecified atom stereocenters. The number of nitrogens with one attached hydrogen (secondary N) is 2. The first kappa shape index (κ1) is 24.3. The third-order valence-corrected chi connectivity index (χ3v) is 4.17. The van der Waals surface area contributed by atoms with Gasteiger partial charge in [-0.05, 0) is 31.5 Å². The molecule has 2 aromatic rings. The second-order valence-corrected chi connectivity index (χ2v) is 7.42. The number of rotatable bonds is 7. The number of alkyl halides is 3. The fourth-order valence-electron chi connectivity index (χ4n) is 2.28. The highest BCUT2D eigenvalue weighted by Gasteiger charge is 2.29. The Hall–Kier alpha value is -2.95. The van der Waals surface area contributed by atoms with Crippen molar-refractivity contribution in [1.82, 2.24) is 20.3 Å². The minimum absolute atomic E-state index is 0.00683. The Labute approximate surface area is 181 Å². The van der Waals surface area contributed by atoms with E-state index in [0.29, 0.717) is 11.3 Å².